The summed E-state index contributed by atoms with van der Waals surface area (Å²) in [5, 5.41) is 7.74. The molecule has 0 amide bonds. The maximum Gasteiger partial charge on any atom is 0.124 e. The van der Waals surface area contributed by atoms with E-state index in [4.69, 9.17) is 15.9 Å². The molecule has 0 aliphatic carbocycles. The molecule has 4 heteroatoms. The third-order valence-electron chi connectivity index (χ3n) is 3.46. The lowest BCUT2D eigenvalue weighted by atomic mass is 10.1. The summed E-state index contributed by atoms with van der Waals surface area (Å²) in [6.07, 6.45) is 0. The quantitative estimate of drug-likeness (QED) is 0.655. The number of nitrogens with one attached hydrogen (secondary N) is 1. The van der Waals surface area contributed by atoms with E-state index in [9.17, 15) is 0 Å². The Morgan fingerprint density at radius 2 is 1.95 bits per heavy atom. The van der Waals surface area contributed by atoms with Gasteiger partial charge in [-0.15, -0.1) is 0 Å². The van der Waals surface area contributed by atoms with E-state index in [1.54, 1.807) is 7.11 Å². The van der Waals surface area contributed by atoms with Crippen LogP contribution in [0.1, 0.15) is 16.7 Å². The molecular formula is C17H21N3O. The van der Waals surface area contributed by atoms with Gasteiger partial charge in [-0.05, 0) is 36.2 Å². The Hall–Kier alpha value is -2.49. The Morgan fingerprint density at radius 1 is 1.24 bits per heavy atom. The molecule has 0 fully saturated rings. The normalized spacial score (nSPS) is 10.2. The van der Waals surface area contributed by atoms with Crippen LogP contribution in [-0.4, -0.2) is 20.0 Å². The van der Waals surface area contributed by atoms with Crippen LogP contribution in [0.3, 0.4) is 0 Å². The third kappa shape index (κ3) is 3.34. The summed E-state index contributed by atoms with van der Waals surface area (Å²) < 4.78 is 5.26. The number of ether oxygens (including phenoxy) is 1. The maximum atomic E-state index is 7.74. The second-order valence-electron chi connectivity index (χ2n) is 5.09. The van der Waals surface area contributed by atoms with Crippen molar-refractivity contribution in [2.24, 2.45) is 5.73 Å². The zero-order valence-corrected chi connectivity index (χ0v) is 12.7. The highest BCUT2D eigenvalue weighted by molar-refractivity contribution is 6.01. The number of aryl methyl sites for hydroxylation is 1. The van der Waals surface area contributed by atoms with Crippen molar-refractivity contribution in [3.63, 3.8) is 0 Å². The lowest BCUT2D eigenvalue weighted by Gasteiger charge is -2.24. The van der Waals surface area contributed by atoms with Gasteiger partial charge in [0.1, 0.15) is 11.6 Å². The third-order valence-corrected chi connectivity index (χ3v) is 3.46. The molecule has 0 saturated carbocycles. The van der Waals surface area contributed by atoms with Crippen molar-refractivity contribution in [1.29, 1.82) is 5.41 Å². The van der Waals surface area contributed by atoms with Gasteiger partial charge in [0, 0.05) is 19.2 Å². The number of para-hydroxylation sites is 1. The number of rotatable bonds is 5. The summed E-state index contributed by atoms with van der Waals surface area (Å²) in [7, 11) is 3.67. The molecule has 3 N–H and O–H groups in total. The molecule has 21 heavy (non-hydrogen) atoms. The average molecular weight is 283 g/mol. The van der Waals surface area contributed by atoms with Crippen molar-refractivity contribution in [3.05, 3.63) is 59.2 Å². The highest BCUT2D eigenvalue weighted by atomic mass is 16.5. The predicted octanol–water partition coefficient (Wildman–Crippen LogP) is 2.92. The Bertz CT molecular complexity index is 652. The van der Waals surface area contributed by atoms with Crippen molar-refractivity contribution >= 4 is 11.5 Å². The highest BCUT2D eigenvalue weighted by Crippen LogP contribution is 2.26. The van der Waals surface area contributed by atoms with Crippen LogP contribution in [0, 0.1) is 12.3 Å². The lowest BCUT2D eigenvalue weighted by molar-refractivity contribution is 0.414. The lowest BCUT2D eigenvalue weighted by Crippen LogP contribution is -2.23. The van der Waals surface area contributed by atoms with Crippen LogP contribution in [0.15, 0.2) is 42.5 Å². The van der Waals surface area contributed by atoms with Gasteiger partial charge in [-0.25, -0.2) is 0 Å². The molecule has 0 atom stereocenters. The molecule has 0 saturated heterocycles. The number of anilines is 1. The van der Waals surface area contributed by atoms with Crippen LogP contribution in [0.5, 0.6) is 5.75 Å². The number of methoxy groups -OCH3 is 1. The molecule has 0 radical (unpaired) electrons. The zero-order valence-electron chi connectivity index (χ0n) is 12.7. The van der Waals surface area contributed by atoms with E-state index in [0.717, 1.165) is 34.7 Å². The van der Waals surface area contributed by atoms with Gasteiger partial charge >= 0.3 is 0 Å². The Balaban J connectivity index is 2.32. The van der Waals surface area contributed by atoms with Crippen molar-refractivity contribution in [2.75, 3.05) is 19.1 Å². The maximum absolute atomic E-state index is 7.74. The summed E-state index contributed by atoms with van der Waals surface area (Å²) in [6.45, 7) is 2.76. The molecule has 110 valence electrons. The van der Waals surface area contributed by atoms with Crippen LogP contribution in [0.25, 0.3) is 0 Å². The van der Waals surface area contributed by atoms with E-state index in [1.165, 1.54) is 0 Å². The van der Waals surface area contributed by atoms with Gasteiger partial charge in [0.25, 0.3) is 0 Å². The molecule has 2 rings (SSSR count). The summed E-state index contributed by atoms with van der Waals surface area (Å²) in [5.41, 5.74) is 9.71. The minimum atomic E-state index is 0.0891. The topological polar surface area (TPSA) is 62.3 Å². The minimum absolute atomic E-state index is 0.0891. The molecule has 0 aromatic heterocycles. The molecule has 0 unspecified atom stereocenters. The average Bonchev–Trinajstić information content (AvgIpc) is 2.46. The van der Waals surface area contributed by atoms with Gasteiger partial charge in [0.05, 0.1) is 12.8 Å². The van der Waals surface area contributed by atoms with Crippen LogP contribution in [-0.2, 0) is 6.54 Å². The van der Waals surface area contributed by atoms with E-state index in [1.807, 2.05) is 50.4 Å². The first-order chi connectivity index (χ1) is 10.0. The number of amidine groups is 1. The first-order valence-corrected chi connectivity index (χ1v) is 6.81. The molecule has 0 heterocycles. The SMILES string of the molecule is COc1cccc(CN(C)c2c(C)cccc2C(=N)N)c1. The van der Waals surface area contributed by atoms with Crippen LogP contribution in [0.4, 0.5) is 5.69 Å². The van der Waals surface area contributed by atoms with E-state index in [-0.39, 0.29) is 5.84 Å². The van der Waals surface area contributed by atoms with Crippen LogP contribution in [0.2, 0.25) is 0 Å². The molecule has 2 aromatic carbocycles. The van der Waals surface area contributed by atoms with E-state index >= 15 is 0 Å². The van der Waals surface area contributed by atoms with Gasteiger partial charge in [0.15, 0.2) is 0 Å². The number of nitrogen functional groups attached to an aromatic ring is 1. The first kappa shape index (κ1) is 14.9. The summed E-state index contributed by atoms with van der Waals surface area (Å²) in [6, 6.07) is 13.8. The van der Waals surface area contributed by atoms with Gasteiger partial charge < -0.3 is 15.4 Å². The summed E-state index contributed by atoms with van der Waals surface area (Å²) >= 11 is 0. The monoisotopic (exact) mass is 283 g/mol. The van der Waals surface area contributed by atoms with Crippen molar-refractivity contribution in [3.8, 4) is 5.75 Å². The highest BCUT2D eigenvalue weighted by Gasteiger charge is 2.13. The van der Waals surface area contributed by atoms with E-state index in [2.05, 4.69) is 11.0 Å². The fraction of sp³-hybridized carbons (Fsp3) is 0.235. The molecule has 0 aliphatic heterocycles. The number of benzene rings is 2. The Kier molecular flexibility index (Phi) is 4.48. The molecular weight excluding hydrogens is 262 g/mol. The molecule has 2 aromatic rings. The molecule has 0 bridgehead atoms. The number of nitrogens with zero attached hydrogens (tertiary/aromatic N) is 1. The Labute approximate surface area is 125 Å². The predicted molar refractivity (Wildman–Crippen MR) is 87.3 cm³/mol. The zero-order chi connectivity index (χ0) is 15.4. The number of hydrogen-bond donors (Lipinski definition) is 2. The second-order valence-corrected chi connectivity index (χ2v) is 5.09. The summed E-state index contributed by atoms with van der Waals surface area (Å²) in [4.78, 5) is 2.11. The van der Waals surface area contributed by atoms with Gasteiger partial charge in [0.2, 0.25) is 0 Å². The van der Waals surface area contributed by atoms with Crippen molar-refractivity contribution in [2.45, 2.75) is 13.5 Å². The molecule has 0 spiro atoms. The first-order valence-electron chi connectivity index (χ1n) is 6.81. The largest absolute Gasteiger partial charge is 0.497 e. The van der Waals surface area contributed by atoms with Gasteiger partial charge in [-0.1, -0.05) is 24.3 Å². The van der Waals surface area contributed by atoms with Crippen LogP contribution >= 0.6 is 0 Å². The fourth-order valence-electron chi connectivity index (χ4n) is 2.51. The van der Waals surface area contributed by atoms with E-state index < -0.39 is 0 Å². The van der Waals surface area contributed by atoms with Crippen molar-refractivity contribution < 1.29 is 4.74 Å². The van der Waals surface area contributed by atoms with Gasteiger partial charge in [-0.3, -0.25) is 5.41 Å². The second kappa shape index (κ2) is 6.31. The number of nitrogens with two attached hydrogens (primary N) is 1. The van der Waals surface area contributed by atoms with E-state index in [0.29, 0.717) is 0 Å². The smallest absolute Gasteiger partial charge is 0.124 e. The summed E-state index contributed by atoms with van der Waals surface area (Å²) in [5.74, 6) is 0.934. The molecule has 0 aliphatic rings. The van der Waals surface area contributed by atoms with Crippen LogP contribution < -0.4 is 15.4 Å². The standard InChI is InChI=1S/C17H21N3O/c1-12-6-4-9-15(17(18)19)16(12)20(2)11-13-7-5-8-14(10-13)21-3/h4-10H,11H2,1-3H3,(H3,18,19). The Morgan fingerprint density at radius 3 is 2.62 bits per heavy atom. The fourth-order valence-corrected chi connectivity index (χ4v) is 2.51. The molecule has 4 nitrogen and oxygen atoms in total. The minimum Gasteiger partial charge on any atom is -0.497 e. The number of hydrogen-bond acceptors (Lipinski definition) is 3. The van der Waals surface area contributed by atoms with Gasteiger partial charge in [-0.2, -0.15) is 0 Å². The van der Waals surface area contributed by atoms with Crippen molar-refractivity contribution in [1.82, 2.24) is 0 Å².